The van der Waals surface area contributed by atoms with Gasteiger partial charge in [0.05, 0.1) is 28.8 Å². The molecule has 0 unspecified atom stereocenters. The van der Waals surface area contributed by atoms with Crippen LogP contribution in [0, 0.1) is 0 Å². The van der Waals surface area contributed by atoms with Crippen molar-refractivity contribution in [2.75, 3.05) is 12.4 Å². The van der Waals surface area contributed by atoms with Crippen LogP contribution in [0.1, 0.15) is 20.7 Å². The Bertz CT molecular complexity index is 1000. The number of benzene rings is 2. The van der Waals surface area contributed by atoms with E-state index in [0.29, 0.717) is 21.7 Å². The molecule has 25 heavy (non-hydrogen) atoms. The van der Waals surface area contributed by atoms with Crippen molar-refractivity contribution >= 4 is 63.4 Å². The van der Waals surface area contributed by atoms with E-state index >= 15 is 0 Å². The minimum atomic E-state index is -0.606. The molecule has 0 saturated heterocycles. The zero-order valence-electron chi connectivity index (χ0n) is 12.7. The van der Waals surface area contributed by atoms with Gasteiger partial charge in [-0.1, -0.05) is 23.2 Å². The quantitative estimate of drug-likeness (QED) is 0.633. The predicted molar refractivity (Wildman–Crippen MR) is 96.9 cm³/mol. The Balaban J connectivity index is 2.02. The third-order valence-corrected chi connectivity index (χ3v) is 4.14. The van der Waals surface area contributed by atoms with Gasteiger partial charge in [-0.05, 0) is 41.9 Å². The van der Waals surface area contributed by atoms with Crippen LogP contribution in [0.25, 0.3) is 11.0 Å². The summed E-state index contributed by atoms with van der Waals surface area (Å²) in [5.74, 6) is -1.08. The Morgan fingerprint density at radius 2 is 1.88 bits per heavy atom. The van der Waals surface area contributed by atoms with Gasteiger partial charge in [-0.15, -0.1) is 0 Å². The summed E-state index contributed by atoms with van der Waals surface area (Å²) in [6.45, 7) is 0. The van der Waals surface area contributed by atoms with E-state index in [1.165, 1.54) is 25.3 Å². The average molecular weight is 399 g/mol. The topological polar surface area (TPSA) is 84.1 Å². The van der Waals surface area contributed by atoms with Gasteiger partial charge < -0.3 is 15.0 Å². The van der Waals surface area contributed by atoms with E-state index in [1.807, 2.05) is 0 Å². The number of hydrogen-bond acceptors (Lipinski definition) is 4. The van der Waals surface area contributed by atoms with Crippen molar-refractivity contribution in [2.24, 2.45) is 0 Å². The van der Waals surface area contributed by atoms with Gasteiger partial charge in [0.15, 0.2) is 0 Å². The largest absolute Gasteiger partial charge is 0.465 e. The number of methoxy groups -OCH3 is 1. The van der Waals surface area contributed by atoms with E-state index in [2.05, 4.69) is 15.3 Å². The molecule has 0 bridgehead atoms. The van der Waals surface area contributed by atoms with Crippen molar-refractivity contribution in [2.45, 2.75) is 0 Å². The molecule has 0 radical (unpaired) electrons. The van der Waals surface area contributed by atoms with E-state index in [0.717, 1.165) is 0 Å². The van der Waals surface area contributed by atoms with Crippen LogP contribution in [0.3, 0.4) is 0 Å². The van der Waals surface area contributed by atoms with Gasteiger partial charge in [0.25, 0.3) is 5.91 Å². The number of amides is 1. The van der Waals surface area contributed by atoms with Crippen LogP contribution in [0.4, 0.5) is 5.69 Å². The van der Waals surface area contributed by atoms with Gasteiger partial charge in [0.1, 0.15) is 5.52 Å². The summed E-state index contributed by atoms with van der Waals surface area (Å²) in [7, 11) is 1.25. The maximum atomic E-state index is 12.5. The second-order valence-corrected chi connectivity index (χ2v) is 6.22. The van der Waals surface area contributed by atoms with Crippen LogP contribution < -0.4 is 5.32 Å². The number of carbonyl (C=O) groups is 2. The Morgan fingerprint density at radius 3 is 2.60 bits per heavy atom. The molecule has 0 aliphatic heterocycles. The minimum absolute atomic E-state index is 0.113. The lowest BCUT2D eigenvalue weighted by molar-refractivity contribution is 0.0602. The molecule has 2 N–H and O–H groups in total. The molecule has 3 rings (SSSR count). The fourth-order valence-corrected chi connectivity index (χ4v) is 2.86. The Hall–Kier alpha value is -2.28. The summed E-state index contributed by atoms with van der Waals surface area (Å²) in [6, 6.07) is 7.59. The molecule has 0 saturated carbocycles. The number of imidazole rings is 1. The summed E-state index contributed by atoms with van der Waals surface area (Å²) in [4.78, 5) is 31.3. The number of nitrogens with zero attached hydrogens (tertiary/aromatic N) is 1. The second-order valence-electron chi connectivity index (χ2n) is 5.02. The highest BCUT2D eigenvalue weighted by Crippen LogP contribution is 2.26. The molecule has 0 spiro atoms. The van der Waals surface area contributed by atoms with E-state index < -0.39 is 11.9 Å². The highest BCUT2D eigenvalue weighted by molar-refractivity contribution is 6.36. The molecule has 1 heterocycles. The number of ether oxygens (including phenoxy) is 1. The van der Waals surface area contributed by atoms with Gasteiger partial charge in [-0.2, -0.15) is 0 Å². The van der Waals surface area contributed by atoms with Gasteiger partial charge in [0, 0.05) is 10.7 Å². The highest BCUT2D eigenvalue weighted by Gasteiger charge is 2.18. The molecule has 0 fully saturated rings. The number of aromatic amines is 1. The van der Waals surface area contributed by atoms with Crippen molar-refractivity contribution in [3.8, 4) is 0 Å². The van der Waals surface area contributed by atoms with Gasteiger partial charge >= 0.3 is 5.97 Å². The molecular formula is C16H10Cl3N3O3. The Kier molecular flexibility index (Phi) is 4.85. The van der Waals surface area contributed by atoms with Gasteiger partial charge in [-0.3, -0.25) is 4.79 Å². The predicted octanol–water partition coefficient (Wildman–Crippen LogP) is 4.56. The van der Waals surface area contributed by atoms with Crippen LogP contribution in [0.5, 0.6) is 0 Å². The number of halogens is 3. The van der Waals surface area contributed by atoms with Crippen LogP contribution in [-0.2, 0) is 4.74 Å². The first kappa shape index (κ1) is 17.5. The molecule has 2 aromatic carbocycles. The second kappa shape index (κ2) is 6.92. The number of esters is 1. The van der Waals surface area contributed by atoms with E-state index in [-0.39, 0.29) is 21.4 Å². The SMILES string of the molecule is COC(=O)c1cc(NC(=O)c2cc(Cl)ccc2Cl)cc2[nH]c(Cl)nc12. The lowest BCUT2D eigenvalue weighted by Gasteiger charge is -2.09. The number of hydrogen-bond donors (Lipinski definition) is 2. The molecule has 9 heteroatoms. The number of H-pyrrole nitrogens is 1. The van der Waals surface area contributed by atoms with Crippen molar-refractivity contribution in [3.63, 3.8) is 0 Å². The number of carbonyl (C=O) groups excluding carboxylic acids is 2. The molecular weight excluding hydrogens is 389 g/mol. The molecule has 128 valence electrons. The van der Waals surface area contributed by atoms with Crippen LogP contribution in [0.15, 0.2) is 30.3 Å². The number of nitrogens with one attached hydrogen (secondary N) is 2. The highest BCUT2D eigenvalue weighted by atomic mass is 35.5. The van der Waals surface area contributed by atoms with Crippen molar-refractivity contribution < 1.29 is 14.3 Å². The summed E-state index contributed by atoms with van der Waals surface area (Å²) >= 11 is 17.8. The van der Waals surface area contributed by atoms with Crippen molar-refractivity contribution in [1.82, 2.24) is 9.97 Å². The van der Waals surface area contributed by atoms with Crippen molar-refractivity contribution in [1.29, 1.82) is 0 Å². The molecule has 1 aromatic heterocycles. The van der Waals surface area contributed by atoms with Crippen LogP contribution in [0.2, 0.25) is 15.3 Å². The van der Waals surface area contributed by atoms with Crippen LogP contribution >= 0.6 is 34.8 Å². The fraction of sp³-hybridized carbons (Fsp3) is 0.0625. The fourth-order valence-electron chi connectivity index (χ4n) is 2.30. The summed E-state index contributed by atoms with van der Waals surface area (Å²) in [6.07, 6.45) is 0. The molecule has 6 nitrogen and oxygen atoms in total. The first-order valence-electron chi connectivity index (χ1n) is 6.93. The number of rotatable bonds is 3. The van der Waals surface area contributed by atoms with Crippen molar-refractivity contribution in [3.05, 3.63) is 56.8 Å². The van der Waals surface area contributed by atoms with E-state index in [4.69, 9.17) is 39.5 Å². The number of anilines is 1. The van der Waals surface area contributed by atoms with E-state index in [9.17, 15) is 9.59 Å². The monoisotopic (exact) mass is 397 g/mol. The number of fused-ring (bicyclic) bond motifs is 1. The first-order chi connectivity index (χ1) is 11.9. The molecule has 0 aliphatic carbocycles. The standard InChI is InChI=1S/C16H10Cl3N3O3/c1-25-15(24)10-5-8(6-12-13(10)22-16(19)21-12)20-14(23)9-4-7(17)2-3-11(9)18/h2-6H,1H3,(H,20,23)(H,21,22). The molecule has 1 amide bonds. The molecule has 0 atom stereocenters. The lowest BCUT2D eigenvalue weighted by atomic mass is 10.1. The third kappa shape index (κ3) is 3.56. The normalized spacial score (nSPS) is 10.7. The van der Waals surface area contributed by atoms with E-state index in [1.54, 1.807) is 12.1 Å². The Morgan fingerprint density at radius 1 is 1.12 bits per heavy atom. The zero-order valence-corrected chi connectivity index (χ0v) is 15.0. The summed E-state index contributed by atoms with van der Waals surface area (Å²) < 4.78 is 4.75. The van der Waals surface area contributed by atoms with Gasteiger partial charge in [-0.25, -0.2) is 9.78 Å². The smallest absolute Gasteiger partial charge is 0.340 e. The zero-order chi connectivity index (χ0) is 18.1. The summed E-state index contributed by atoms with van der Waals surface area (Å²) in [5.41, 5.74) is 1.53. The third-order valence-electron chi connectivity index (χ3n) is 3.39. The maximum absolute atomic E-state index is 12.5. The summed E-state index contributed by atoms with van der Waals surface area (Å²) in [5, 5.41) is 3.41. The first-order valence-corrected chi connectivity index (χ1v) is 8.06. The van der Waals surface area contributed by atoms with Gasteiger partial charge in [0.2, 0.25) is 5.28 Å². The minimum Gasteiger partial charge on any atom is -0.465 e. The maximum Gasteiger partial charge on any atom is 0.340 e. The molecule has 3 aromatic rings. The molecule has 0 aliphatic rings. The lowest BCUT2D eigenvalue weighted by Crippen LogP contribution is -2.13. The Labute approximate surface area is 157 Å². The van der Waals surface area contributed by atoms with Crippen LogP contribution in [-0.4, -0.2) is 29.0 Å². The average Bonchev–Trinajstić information content (AvgIpc) is 2.95. The number of aromatic nitrogens is 2.